The van der Waals surface area contributed by atoms with Crippen molar-refractivity contribution < 1.29 is 0 Å². The van der Waals surface area contributed by atoms with Crippen molar-refractivity contribution in [3.63, 3.8) is 0 Å². The number of rotatable bonds is 4. The largest absolute Gasteiger partial charge is 0.381 e. The number of hydrogen-bond donors (Lipinski definition) is 1. The summed E-state index contributed by atoms with van der Waals surface area (Å²) in [6, 6.07) is 8.60. The van der Waals surface area contributed by atoms with Crippen LogP contribution in [-0.4, -0.2) is 9.78 Å². The predicted molar refractivity (Wildman–Crippen MR) is 85.1 cm³/mol. The predicted octanol–water partition coefficient (Wildman–Crippen LogP) is 3.89. The molecule has 1 aromatic carbocycles. The van der Waals surface area contributed by atoms with Crippen molar-refractivity contribution in [3.8, 4) is 0 Å². The highest BCUT2D eigenvalue weighted by molar-refractivity contribution is 5.46. The van der Waals surface area contributed by atoms with Crippen LogP contribution in [0.1, 0.15) is 44.5 Å². The van der Waals surface area contributed by atoms with E-state index >= 15 is 0 Å². The van der Waals surface area contributed by atoms with Gasteiger partial charge in [0.1, 0.15) is 0 Å². The number of nitrogens with zero attached hydrogens (tertiary/aromatic N) is 2. The Balaban J connectivity index is 2.14. The van der Waals surface area contributed by atoms with Gasteiger partial charge in [-0.1, -0.05) is 39.8 Å². The molecule has 0 bridgehead atoms. The molecule has 0 aliphatic heterocycles. The minimum Gasteiger partial charge on any atom is -0.381 e. The second-order valence-corrected chi connectivity index (χ2v) is 6.33. The number of aryl methyl sites for hydroxylation is 2. The second-order valence-electron chi connectivity index (χ2n) is 6.33. The quantitative estimate of drug-likeness (QED) is 0.914. The molecule has 0 amide bonds. The fourth-order valence-corrected chi connectivity index (χ4v) is 2.40. The first-order chi connectivity index (χ1) is 9.40. The van der Waals surface area contributed by atoms with Gasteiger partial charge in [-0.25, -0.2) is 0 Å². The molecule has 2 rings (SSSR count). The summed E-state index contributed by atoms with van der Waals surface area (Å²) < 4.78 is 1.90. The summed E-state index contributed by atoms with van der Waals surface area (Å²) in [4.78, 5) is 0. The van der Waals surface area contributed by atoms with Crippen LogP contribution in [0.3, 0.4) is 0 Å². The SMILES string of the molecule is CCc1cccc(NCc2cn(C)nc2C(C)(C)C)c1. The zero-order valence-electron chi connectivity index (χ0n) is 13.2. The molecule has 0 saturated heterocycles. The van der Waals surface area contributed by atoms with Crippen molar-refractivity contribution in [1.82, 2.24) is 9.78 Å². The van der Waals surface area contributed by atoms with E-state index in [1.165, 1.54) is 22.5 Å². The monoisotopic (exact) mass is 271 g/mol. The number of anilines is 1. The molecular formula is C17H25N3. The van der Waals surface area contributed by atoms with Gasteiger partial charge in [0.05, 0.1) is 5.69 Å². The van der Waals surface area contributed by atoms with Crippen LogP contribution < -0.4 is 5.32 Å². The van der Waals surface area contributed by atoms with Gasteiger partial charge in [-0.15, -0.1) is 0 Å². The average Bonchev–Trinajstić information content (AvgIpc) is 2.78. The summed E-state index contributed by atoms with van der Waals surface area (Å²) in [5.74, 6) is 0. The molecule has 20 heavy (non-hydrogen) atoms. The van der Waals surface area contributed by atoms with Crippen LogP contribution in [0, 0.1) is 0 Å². The minimum atomic E-state index is 0.0730. The lowest BCUT2D eigenvalue weighted by atomic mass is 9.89. The van der Waals surface area contributed by atoms with E-state index < -0.39 is 0 Å². The molecule has 0 aliphatic rings. The van der Waals surface area contributed by atoms with Gasteiger partial charge in [-0.05, 0) is 24.1 Å². The van der Waals surface area contributed by atoms with E-state index in [1.807, 2.05) is 11.7 Å². The average molecular weight is 271 g/mol. The summed E-state index contributed by atoms with van der Waals surface area (Å²) in [7, 11) is 1.98. The van der Waals surface area contributed by atoms with Crippen LogP contribution in [0.4, 0.5) is 5.69 Å². The van der Waals surface area contributed by atoms with E-state index in [4.69, 9.17) is 0 Å². The van der Waals surface area contributed by atoms with Crippen molar-refractivity contribution in [1.29, 1.82) is 0 Å². The molecule has 1 N–H and O–H groups in total. The van der Waals surface area contributed by atoms with Crippen LogP contribution in [0.2, 0.25) is 0 Å². The summed E-state index contributed by atoms with van der Waals surface area (Å²) in [5.41, 5.74) is 5.04. The molecule has 0 spiro atoms. The maximum Gasteiger partial charge on any atom is 0.0727 e. The van der Waals surface area contributed by atoms with E-state index in [0.29, 0.717) is 0 Å². The Labute approximate surface area is 122 Å². The normalized spacial score (nSPS) is 11.7. The summed E-state index contributed by atoms with van der Waals surface area (Å²) in [6.45, 7) is 9.61. The summed E-state index contributed by atoms with van der Waals surface area (Å²) in [6.07, 6.45) is 3.17. The Morgan fingerprint density at radius 1 is 1.25 bits per heavy atom. The third-order valence-electron chi connectivity index (χ3n) is 3.43. The van der Waals surface area contributed by atoms with E-state index in [9.17, 15) is 0 Å². The topological polar surface area (TPSA) is 29.9 Å². The lowest BCUT2D eigenvalue weighted by molar-refractivity contribution is 0.549. The Morgan fingerprint density at radius 2 is 2.00 bits per heavy atom. The Kier molecular flexibility index (Phi) is 4.17. The second kappa shape index (κ2) is 5.70. The van der Waals surface area contributed by atoms with Gasteiger partial charge in [0.15, 0.2) is 0 Å². The molecule has 0 radical (unpaired) electrons. The van der Waals surface area contributed by atoms with Crippen molar-refractivity contribution in [2.45, 2.75) is 46.1 Å². The van der Waals surface area contributed by atoms with Crippen molar-refractivity contribution in [2.24, 2.45) is 7.05 Å². The van der Waals surface area contributed by atoms with E-state index in [-0.39, 0.29) is 5.41 Å². The highest BCUT2D eigenvalue weighted by Crippen LogP contribution is 2.25. The van der Waals surface area contributed by atoms with Gasteiger partial charge >= 0.3 is 0 Å². The van der Waals surface area contributed by atoms with E-state index in [2.05, 4.69) is 68.6 Å². The standard InChI is InChI=1S/C17H25N3/c1-6-13-8-7-9-15(10-13)18-11-14-12-20(5)19-16(14)17(2,3)4/h7-10,12,18H,6,11H2,1-5H3. The number of aromatic nitrogens is 2. The molecule has 0 unspecified atom stereocenters. The highest BCUT2D eigenvalue weighted by Gasteiger charge is 2.21. The molecular weight excluding hydrogens is 246 g/mol. The third kappa shape index (κ3) is 3.41. The molecule has 2 aromatic rings. The lowest BCUT2D eigenvalue weighted by Gasteiger charge is -2.18. The van der Waals surface area contributed by atoms with Gasteiger partial charge in [-0.2, -0.15) is 5.10 Å². The molecule has 0 fully saturated rings. The molecule has 108 valence electrons. The van der Waals surface area contributed by atoms with Gasteiger partial charge in [0, 0.05) is 36.5 Å². The first kappa shape index (κ1) is 14.6. The van der Waals surface area contributed by atoms with Crippen LogP contribution in [0.15, 0.2) is 30.5 Å². The van der Waals surface area contributed by atoms with Crippen molar-refractivity contribution >= 4 is 5.69 Å². The van der Waals surface area contributed by atoms with E-state index in [0.717, 1.165) is 13.0 Å². The number of benzene rings is 1. The first-order valence-corrected chi connectivity index (χ1v) is 7.26. The first-order valence-electron chi connectivity index (χ1n) is 7.26. The minimum absolute atomic E-state index is 0.0730. The summed E-state index contributed by atoms with van der Waals surface area (Å²) in [5, 5.41) is 8.11. The highest BCUT2D eigenvalue weighted by atomic mass is 15.3. The van der Waals surface area contributed by atoms with Gasteiger partial charge < -0.3 is 5.32 Å². The van der Waals surface area contributed by atoms with Gasteiger partial charge in [-0.3, -0.25) is 4.68 Å². The molecule has 1 aromatic heterocycles. The van der Waals surface area contributed by atoms with Crippen molar-refractivity contribution in [2.75, 3.05) is 5.32 Å². The maximum absolute atomic E-state index is 4.60. The van der Waals surface area contributed by atoms with Crippen LogP contribution in [-0.2, 0) is 25.4 Å². The fourth-order valence-electron chi connectivity index (χ4n) is 2.40. The smallest absolute Gasteiger partial charge is 0.0727 e. The summed E-state index contributed by atoms with van der Waals surface area (Å²) >= 11 is 0. The molecule has 0 saturated carbocycles. The third-order valence-corrected chi connectivity index (χ3v) is 3.43. The van der Waals surface area contributed by atoms with Crippen LogP contribution in [0.25, 0.3) is 0 Å². The maximum atomic E-state index is 4.60. The zero-order chi connectivity index (χ0) is 14.8. The Bertz CT molecular complexity index is 576. The Hall–Kier alpha value is -1.77. The van der Waals surface area contributed by atoms with Gasteiger partial charge in [0.25, 0.3) is 0 Å². The molecule has 3 heteroatoms. The number of nitrogens with one attached hydrogen (secondary N) is 1. The number of hydrogen-bond acceptors (Lipinski definition) is 2. The molecule has 0 aliphatic carbocycles. The fraction of sp³-hybridized carbons (Fsp3) is 0.471. The van der Waals surface area contributed by atoms with Crippen LogP contribution >= 0.6 is 0 Å². The van der Waals surface area contributed by atoms with Crippen molar-refractivity contribution in [3.05, 3.63) is 47.3 Å². The van der Waals surface area contributed by atoms with E-state index in [1.54, 1.807) is 0 Å². The molecule has 1 heterocycles. The zero-order valence-corrected chi connectivity index (χ0v) is 13.2. The van der Waals surface area contributed by atoms with Gasteiger partial charge in [0.2, 0.25) is 0 Å². The Morgan fingerprint density at radius 3 is 2.65 bits per heavy atom. The van der Waals surface area contributed by atoms with Crippen LogP contribution in [0.5, 0.6) is 0 Å². The lowest BCUT2D eigenvalue weighted by Crippen LogP contribution is -2.16. The molecule has 3 nitrogen and oxygen atoms in total. The molecule has 0 atom stereocenters.